The lowest BCUT2D eigenvalue weighted by Crippen LogP contribution is -2.41. The number of likely N-dealkylation sites (N-methyl/N-ethyl adjacent to an activating group) is 1. The number of carbonyl (C=O) groups excluding carboxylic acids is 1. The molecule has 6 nitrogen and oxygen atoms in total. The number of aromatic amines is 1. The Morgan fingerprint density at radius 1 is 1.48 bits per heavy atom. The lowest BCUT2D eigenvalue weighted by molar-refractivity contribution is -0.131. The molecule has 124 valence electrons. The average molecular weight is 316 g/mol. The van der Waals surface area contributed by atoms with Crippen molar-refractivity contribution in [2.24, 2.45) is 0 Å². The highest BCUT2D eigenvalue weighted by Crippen LogP contribution is 2.20. The monoisotopic (exact) mass is 316 g/mol. The zero-order valence-corrected chi connectivity index (χ0v) is 14.0. The number of aromatic nitrogens is 1. The first kappa shape index (κ1) is 17.2. The maximum atomic E-state index is 12.5. The van der Waals surface area contributed by atoms with E-state index in [4.69, 9.17) is 5.26 Å². The summed E-state index contributed by atoms with van der Waals surface area (Å²) in [6.45, 7) is 5.23. The van der Waals surface area contributed by atoms with Crippen molar-refractivity contribution in [1.29, 1.82) is 5.26 Å². The van der Waals surface area contributed by atoms with Crippen LogP contribution in [-0.4, -0.2) is 42.0 Å². The van der Waals surface area contributed by atoms with Gasteiger partial charge in [-0.25, -0.2) is 0 Å². The van der Waals surface area contributed by atoms with Crippen molar-refractivity contribution < 1.29 is 4.79 Å². The van der Waals surface area contributed by atoms with E-state index in [0.717, 1.165) is 37.2 Å². The quantitative estimate of drug-likeness (QED) is 0.848. The molecule has 2 rings (SSSR count). The lowest BCUT2D eigenvalue weighted by atomic mass is 9.99. The molecule has 2 N–H and O–H groups in total. The predicted molar refractivity (Wildman–Crippen MR) is 88.2 cm³/mol. The number of carbonyl (C=O) groups is 1. The molecule has 0 bridgehead atoms. The van der Waals surface area contributed by atoms with Gasteiger partial charge >= 0.3 is 0 Å². The van der Waals surface area contributed by atoms with Crippen molar-refractivity contribution in [3.63, 3.8) is 0 Å². The standard InChI is InChI=1S/C17H24N4O2/c1-11-14(12(2)20-17(23)15(11)9-18)6-7-16(22)21-8-4-5-13(21)10-19-3/h13,19H,4-8,10H2,1-3H3,(H,20,23). The second-order valence-corrected chi connectivity index (χ2v) is 6.11. The van der Waals surface area contributed by atoms with Gasteiger partial charge in [-0.1, -0.05) is 0 Å². The molecule has 0 radical (unpaired) electrons. The molecule has 0 saturated carbocycles. The minimum atomic E-state index is -0.355. The fourth-order valence-corrected chi connectivity index (χ4v) is 3.41. The first-order chi connectivity index (χ1) is 11.0. The van der Waals surface area contributed by atoms with Crippen molar-refractivity contribution in [1.82, 2.24) is 15.2 Å². The Labute approximate surface area is 136 Å². The van der Waals surface area contributed by atoms with E-state index in [-0.39, 0.29) is 23.1 Å². The summed E-state index contributed by atoms with van der Waals surface area (Å²) in [4.78, 5) is 28.9. The van der Waals surface area contributed by atoms with Gasteiger partial charge < -0.3 is 15.2 Å². The van der Waals surface area contributed by atoms with Crippen LogP contribution in [0.5, 0.6) is 0 Å². The highest BCUT2D eigenvalue weighted by molar-refractivity contribution is 5.77. The maximum absolute atomic E-state index is 12.5. The van der Waals surface area contributed by atoms with Crippen molar-refractivity contribution >= 4 is 5.91 Å². The molecule has 1 fully saturated rings. The molecule has 2 heterocycles. The number of nitriles is 1. The first-order valence-corrected chi connectivity index (χ1v) is 8.06. The zero-order chi connectivity index (χ0) is 17.0. The third kappa shape index (κ3) is 3.62. The van der Waals surface area contributed by atoms with E-state index in [9.17, 15) is 9.59 Å². The predicted octanol–water partition coefficient (Wildman–Crippen LogP) is 1.01. The van der Waals surface area contributed by atoms with Crippen molar-refractivity contribution in [2.45, 2.75) is 45.6 Å². The second kappa shape index (κ2) is 7.42. The number of hydrogen-bond acceptors (Lipinski definition) is 4. The SMILES string of the molecule is CNCC1CCCN1C(=O)CCc1c(C)[nH]c(=O)c(C#N)c1C. The third-order valence-corrected chi connectivity index (χ3v) is 4.65. The highest BCUT2D eigenvalue weighted by Gasteiger charge is 2.27. The summed E-state index contributed by atoms with van der Waals surface area (Å²) in [7, 11) is 1.90. The molecule has 0 aromatic carbocycles. The third-order valence-electron chi connectivity index (χ3n) is 4.65. The number of H-pyrrole nitrogens is 1. The first-order valence-electron chi connectivity index (χ1n) is 8.06. The molecule has 1 unspecified atom stereocenters. The number of amides is 1. The molecule has 1 aliphatic heterocycles. The van der Waals surface area contributed by atoms with E-state index in [2.05, 4.69) is 10.3 Å². The molecule has 6 heteroatoms. The number of likely N-dealkylation sites (tertiary alicyclic amines) is 1. The summed E-state index contributed by atoms with van der Waals surface area (Å²) >= 11 is 0. The molecular formula is C17H24N4O2. The van der Waals surface area contributed by atoms with Crippen LogP contribution in [0.1, 0.15) is 41.6 Å². The van der Waals surface area contributed by atoms with Crippen LogP contribution in [0.25, 0.3) is 0 Å². The van der Waals surface area contributed by atoms with Gasteiger partial charge in [-0.15, -0.1) is 0 Å². The van der Waals surface area contributed by atoms with E-state index >= 15 is 0 Å². The van der Waals surface area contributed by atoms with Gasteiger partial charge in [0.05, 0.1) is 0 Å². The van der Waals surface area contributed by atoms with Crippen LogP contribution >= 0.6 is 0 Å². The van der Waals surface area contributed by atoms with Crippen LogP contribution in [0.3, 0.4) is 0 Å². The highest BCUT2D eigenvalue weighted by atomic mass is 16.2. The van der Waals surface area contributed by atoms with Crippen molar-refractivity contribution in [3.8, 4) is 6.07 Å². The summed E-state index contributed by atoms with van der Waals surface area (Å²) in [5.74, 6) is 0.145. The Hall–Kier alpha value is -2.13. The summed E-state index contributed by atoms with van der Waals surface area (Å²) < 4.78 is 0. The Kier molecular flexibility index (Phi) is 5.56. The van der Waals surface area contributed by atoms with Gasteiger partial charge in [0.2, 0.25) is 5.91 Å². The fraction of sp³-hybridized carbons (Fsp3) is 0.588. The maximum Gasteiger partial charge on any atom is 0.266 e. The zero-order valence-electron chi connectivity index (χ0n) is 14.0. The number of nitrogens with one attached hydrogen (secondary N) is 2. The van der Waals surface area contributed by atoms with Gasteiger partial charge in [-0.05, 0) is 51.3 Å². The molecule has 0 aliphatic carbocycles. The summed E-state index contributed by atoms with van der Waals surface area (Å²) in [5, 5.41) is 12.2. The van der Waals surface area contributed by atoms with Crippen LogP contribution in [-0.2, 0) is 11.2 Å². The molecule has 1 amide bonds. The molecule has 1 aliphatic rings. The van der Waals surface area contributed by atoms with E-state index in [0.29, 0.717) is 18.4 Å². The molecule has 1 aromatic heterocycles. The van der Waals surface area contributed by atoms with Crippen LogP contribution in [0.2, 0.25) is 0 Å². The van der Waals surface area contributed by atoms with Gasteiger partial charge in [-0.2, -0.15) is 5.26 Å². The normalized spacial score (nSPS) is 17.3. The summed E-state index contributed by atoms with van der Waals surface area (Å²) in [5.41, 5.74) is 2.12. The minimum Gasteiger partial charge on any atom is -0.338 e. The van der Waals surface area contributed by atoms with Gasteiger partial charge in [0.25, 0.3) is 5.56 Å². The number of pyridine rings is 1. The van der Waals surface area contributed by atoms with E-state index in [1.54, 1.807) is 6.92 Å². The lowest BCUT2D eigenvalue weighted by Gasteiger charge is -2.25. The number of aryl methyl sites for hydroxylation is 1. The average Bonchev–Trinajstić information content (AvgIpc) is 2.95. The van der Waals surface area contributed by atoms with Gasteiger partial charge in [0.15, 0.2) is 0 Å². The molecule has 23 heavy (non-hydrogen) atoms. The van der Waals surface area contributed by atoms with Gasteiger partial charge in [0, 0.05) is 31.2 Å². The van der Waals surface area contributed by atoms with Crippen LogP contribution in [0.15, 0.2) is 4.79 Å². The molecule has 1 aromatic rings. The Morgan fingerprint density at radius 3 is 2.87 bits per heavy atom. The summed E-state index contributed by atoms with van der Waals surface area (Å²) in [6.07, 6.45) is 3.04. The van der Waals surface area contributed by atoms with E-state index in [1.807, 2.05) is 24.9 Å². The minimum absolute atomic E-state index is 0.145. The fourth-order valence-electron chi connectivity index (χ4n) is 3.41. The number of hydrogen-bond donors (Lipinski definition) is 2. The Bertz CT molecular complexity index is 687. The number of rotatable bonds is 5. The van der Waals surface area contributed by atoms with Crippen LogP contribution in [0.4, 0.5) is 0 Å². The molecular weight excluding hydrogens is 292 g/mol. The van der Waals surface area contributed by atoms with Crippen molar-refractivity contribution in [2.75, 3.05) is 20.1 Å². The van der Waals surface area contributed by atoms with Crippen LogP contribution < -0.4 is 10.9 Å². The molecule has 0 spiro atoms. The van der Waals surface area contributed by atoms with E-state index in [1.165, 1.54) is 0 Å². The molecule has 1 atom stereocenters. The Balaban J connectivity index is 2.11. The van der Waals surface area contributed by atoms with Gasteiger partial charge in [-0.3, -0.25) is 9.59 Å². The van der Waals surface area contributed by atoms with Crippen molar-refractivity contribution in [3.05, 3.63) is 32.7 Å². The second-order valence-electron chi connectivity index (χ2n) is 6.11. The number of nitrogens with zero attached hydrogens (tertiary/aromatic N) is 2. The summed E-state index contributed by atoms with van der Waals surface area (Å²) in [6, 6.07) is 2.23. The van der Waals surface area contributed by atoms with Gasteiger partial charge in [0.1, 0.15) is 11.6 Å². The van der Waals surface area contributed by atoms with E-state index < -0.39 is 0 Å². The smallest absolute Gasteiger partial charge is 0.266 e. The Morgan fingerprint density at radius 2 is 2.22 bits per heavy atom. The largest absolute Gasteiger partial charge is 0.338 e. The van der Waals surface area contributed by atoms with Crippen LogP contribution in [0, 0.1) is 25.2 Å². The molecule has 1 saturated heterocycles. The topological polar surface area (TPSA) is 89.0 Å².